The predicted octanol–water partition coefficient (Wildman–Crippen LogP) is 5.78. The monoisotopic (exact) mass is 422 g/mol. The minimum Gasteiger partial charge on any atom is -0.427 e. The van der Waals surface area contributed by atoms with Gasteiger partial charge in [-0.3, -0.25) is 4.79 Å². The van der Waals surface area contributed by atoms with E-state index in [0.717, 1.165) is 17.1 Å². The van der Waals surface area contributed by atoms with E-state index in [4.69, 9.17) is 28.6 Å². The summed E-state index contributed by atoms with van der Waals surface area (Å²) in [7, 11) is 1.61. The smallest absolute Gasteiger partial charge is 0.262 e. The van der Waals surface area contributed by atoms with Crippen molar-refractivity contribution in [3.63, 3.8) is 0 Å². The third kappa shape index (κ3) is 5.02. The molecule has 0 atom stereocenters. The Balaban J connectivity index is 1.98. The number of allylic oxidation sites excluding steroid dienone is 1. The topological polar surface area (TPSA) is 41.6 Å². The largest absolute Gasteiger partial charge is 0.427 e. The van der Waals surface area contributed by atoms with Crippen molar-refractivity contribution in [1.82, 2.24) is 5.32 Å². The number of carbonyl (C=O) groups is 1. The number of nitrogens with one attached hydrogen (secondary N) is 1. The SMILES string of the molecule is CNC(=S)O/C(C=O)=C(\Cl)c1ccc(N(c2ccccc2)c2ccccc2)cc1. The number of carbonyl (C=O) groups excluding carboxylic acids is 1. The van der Waals surface area contributed by atoms with Gasteiger partial charge >= 0.3 is 0 Å². The van der Waals surface area contributed by atoms with Gasteiger partial charge in [0.1, 0.15) is 0 Å². The molecule has 4 nitrogen and oxygen atoms in total. The maximum absolute atomic E-state index is 11.4. The summed E-state index contributed by atoms with van der Waals surface area (Å²) in [5.41, 5.74) is 3.67. The number of para-hydroxylation sites is 2. The molecule has 0 amide bonds. The summed E-state index contributed by atoms with van der Waals surface area (Å²) in [5.74, 6) is -0.0401. The van der Waals surface area contributed by atoms with Crippen LogP contribution in [0.15, 0.2) is 90.7 Å². The van der Waals surface area contributed by atoms with Crippen LogP contribution < -0.4 is 10.2 Å². The van der Waals surface area contributed by atoms with Crippen molar-refractivity contribution in [3.8, 4) is 0 Å². The average Bonchev–Trinajstić information content (AvgIpc) is 2.79. The molecule has 0 aromatic heterocycles. The van der Waals surface area contributed by atoms with E-state index in [2.05, 4.69) is 10.2 Å². The lowest BCUT2D eigenvalue weighted by Gasteiger charge is -2.25. The zero-order chi connectivity index (χ0) is 20.6. The van der Waals surface area contributed by atoms with Crippen LogP contribution in [0.2, 0.25) is 0 Å². The van der Waals surface area contributed by atoms with Crippen molar-refractivity contribution in [3.05, 3.63) is 96.3 Å². The number of hydrogen-bond acceptors (Lipinski definition) is 4. The van der Waals surface area contributed by atoms with E-state index in [0.29, 0.717) is 11.8 Å². The number of benzene rings is 3. The van der Waals surface area contributed by atoms with E-state index in [1.54, 1.807) is 7.05 Å². The third-order valence-electron chi connectivity index (χ3n) is 4.14. The summed E-state index contributed by atoms with van der Waals surface area (Å²) in [6.07, 6.45) is 0.542. The predicted molar refractivity (Wildman–Crippen MR) is 123 cm³/mol. The number of nitrogens with zero attached hydrogens (tertiary/aromatic N) is 1. The summed E-state index contributed by atoms with van der Waals surface area (Å²) in [5, 5.41) is 2.91. The van der Waals surface area contributed by atoms with Crippen LogP contribution in [-0.2, 0) is 9.53 Å². The summed E-state index contributed by atoms with van der Waals surface area (Å²) in [6.45, 7) is 0. The van der Waals surface area contributed by atoms with Crippen LogP contribution in [0, 0.1) is 0 Å². The van der Waals surface area contributed by atoms with Crippen molar-refractivity contribution in [2.24, 2.45) is 0 Å². The van der Waals surface area contributed by atoms with Gasteiger partial charge < -0.3 is 15.0 Å². The molecule has 3 aromatic rings. The van der Waals surface area contributed by atoms with Crippen LogP contribution in [0.4, 0.5) is 17.1 Å². The molecule has 0 unspecified atom stereocenters. The number of ether oxygens (including phenoxy) is 1. The molecule has 29 heavy (non-hydrogen) atoms. The van der Waals surface area contributed by atoms with Crippen molar-refractivity contribution in [1.29, 1.82) is 0 Å². The van der Waals surface area contributed by atoms with Crippen LogP contribution >= 0.6 is 23.8 Å². The highest BCUT2D eigenvalue weighted by molar-refractivity contribution is 7.80. The van der Waals surface area contributed by atoms with E-state index < -0.39 is 0 Å². The molecular formula is C23H19ClN2O2S. The lowest BCUT2D eigenvalue weighted by atomic mass is 10.1. The Hall–Kier alpha value is -3.15. The number of halogens is 1. The molecule has 0 aliphatic carbocycles. The number of thiocarbonyl (C=S) groups is 1. The minimum absolute atomic E-state index is 0.0401. The molecule has 3 aromatic carbocycles. The Morgan fingerprint density at radius 3 is 1.83 bits per heavy atom. The van der Waals surface area contributed by atoms with E-state index in [9.17, 15) is 4.79 Å². The highest BCUT2D eigenvalue weighted by atomic mass is 35.5. The Kier molecular flexibility index (Phi) is 7.00. The van der Waals surface area contributed by atoms with Gasteiger partial charge in [-0.25, -0.2) is 0 Å². The van der Waals surface area contributed by atoms with Crippen molar-refractivity contribution >= 4 is 57.4 Å². The van der Waals surface area contributed by atoms with Gasteiger partial charge in [-0.2, -0.15) is 0 Å². The van der Waals surface area contributed by atoms with E-state index in [1.165, 1.54) is 0 Å². The summed E-state index contributed by atoms with van der Waals surface area (Å²) < 4.78 is 5.27. The zero-order valence-electron chi connectivity index (χ0n) is 15.7. The maximum atomic E-state index is 11.4. The minimum atomic E-state index is -0.0401. The molecule has 0 aliphatic heterocycles. The Morgan fingerprint density at radius 2 is 1.38 bits per heavy atom. The number of aldehydes is 1. The molecular weight excluding hydrogens is 404 g/mol. The van der Waals surface area contributed by atoms with Crippen LogP contribution in [0.25, 0.3) is 5.03 Å². The fourth-order valence-corrected chi connectivity index (χ4v) is 3.07. The van der Waals surface area contributed by atoms with Crippen LogP contribution in [0.5, 0.6) is 0 Å². The number of hydrogen-bond donors (Lipinski definition) is 1. The van der Waals surface area contributed by atoms with Crippen molar-refractivity contribution < 1.29 is 9.53 Å². The first kappa shape index (κ1) is 20.6. The van der Waals surface area contributed by atoms with Crippen LogP contribution in [0.3, 0.4) is 0 Å². The number of rotatable bonds is 6. The first-order valence-electron chi connectivity index (χ1n) is 8.89. The Morgan fingerprint density at radius 1 is 0.897 bits per heavy atom. The normalized spacial score (nSPS) is 11.2. The fourth-order valence-electron chi connectivity index (χ4n) is 2.77. The van der Waals surface area contributed by atoms with Gasteiger partial charge in [0.2, 0.25) is 0 Å². The maximum Gasteiger partial charge on any atom is 0.262 e. The van der Waals surface area contributed by atoms with E-state index in [-0.39, 0.29) is 16.0 Å². The molecule has 6 heteroatoms. The average molecular weight is 423 g/mol. The Labute approximate surface area is 180 Å². The van der Waals surface area contributed by atoms with Gasteiger partial charge in [-0.1, -0.05) is 60.1 Å². The fraction of sp³-hybridized carbons (Fsp3) is 0.0435. The third-order valence-corrected chi connectivity index (χ3v) is 4.83. The molecule has 3 rings (SSSR count). The van der Waals surface area contributed by atoms with Crippen molar-refractivity contribution in [2.75, 3.05) is 11.9 Å². The second-order valence-corrected chi connectivity index (χ2v) is 6.74. The van der Waals surface area contributed by atoms with Crippen LogP contribution in [-0.4, -0.2) is 18.5 Å². The quantitative estimate of drug-likeness (QED) is 0.236. The molecule has 0 aliphatic rings. The molecule has 0 bridgehead atoms. The number of anilines is 3. The van der Waals surface area contributed by atoms with E-state index in [1.807, 2.05) is 84.9 Å². The first-order chi connectivity index (χ1) is 14.1. The second kappa shape index (κ2) is 9.87. The van der Waals surface area contributed by atoms with Crippen molar-refractivity contribution in [2.45, 2.75) is 0 Å². The lowest BCUT2D eigenvalue weighted by Crippen LogP contribution is -2.19. The highest BCUT2D eigenvalue weighted by Gasteiger charge is 2.14. The molecule has 146 valence electrons. The van der Waals surface area contributed by atoms with Gasteiger partial charge in [-0.05, 0) is 54.2 Å². The molecule has 0 spiro atoms. The lowest BCUT2D eigenvalue weighted by molar-refractivity contribution is -0.106. The van der Waals surface area contributed by atoms with Gasteiger partial charge in [-0.15, -0.1) is 0 Å². The molecule has 0 saturated heterocycles. The summed E-state index contributed by atoms with van der Waals surface area (Å²) in [4.78, 5) is 13.5. The van der Waals surface area contributed by atoms with Gasteiger partial charge in [0.25, 0.3) is 5.17 Å². The molecule has 0 radical (unpaired) electrons. The summed E-state index contributed by atoms with van der Waals surface area (Å²) >= 11 is 11.3. The van der Waals surface area contributed by atoms with Gasteiger partial charge in [0.15, 0.2) is 12.0 Å². The molecule has 1 N–H and O–H groups in total. The highest BCUT2D eigenvalue weighted by Crippen LogP contribution is 2.35. The first-order valence-corrected chi connectivity index (χ1v) is 9.68. The second-order valence-electron chi connectivity index (χ2n) is 5.99. The molecule has 0 saturated carbocycles. The molecule has 0 heterocycles. The van der Waals surface area contributed by atoms with Gasteiger partial charge in [0.05, 0.1) is 5.03 Å². The Bertz CT molecular complexity index is 967. The van der Waals surface area contributed by atoms with Gasteiger partial charge in [0, 0.05) is 24.1 Å². The molecule has 0 fully saturated rings. The van der Waals surface area contributed by atoms with Crippen LogP contribution in [0.1, 0.15) is 5.56 Å². The summed E-state index contributed by atoms with van der Waals surface area (Å²) in [6, 6.07) is 27.7. The van der Waals surface area contributed by atoms with E-state index >= 15 is 0 Å². The zero-order valence-corrected chi connectivity index (χ0v) is 17.3. The standard InChI is InChI=1S/C23H19ClN2O2S/c1-25-23(29)28-21(16-27)22(24)17-12-14-20(15-13-17)26(18-8-4-2-5-9-18)19-10-6-3-7-11-19/h2-16H,1H3,(H,25,29)/b22-21-.